The number of hydrogen-bond acceptors (Lipinski definition) is 4. The first-order chi connectivity index (χ1) is 12.9. The number of aryl methyl sites for hydroxylation is 3. The van der Waals surface area contributed by atoms with E-state index in [0.717, 1.165) is 28.3 Å². The second-order valence-corrected chi connectivity index (χ2v) is 6.71. The molecule has 140 valence electrons. The normalized spacial score (nSPS) is 10.8. The van der Waals surface area contributed by atoms with Crippen LogP contribution < -0.4 is 10.9 Å². The van der Waals surface area contributed by atoms with Crippen LogP contribution in [0, 0.1) is 20.8 Å². The van der Waals surface area contributed by atoms with Crippen molar-refractivity contribution in [3.8, 4) is 0 Å². The molecule has 0 radical (unpaired) electrons. The lowest BCUT2D eigenvalue weighted by molar-refractivity contribution is -0.121. The molecule has 1 aromatic carbocycles. The van der Waals surface area contributed by atoms with Crippen LogP contribution in [0.2, 0.25) is 5.02 Å². The third-order valence-corrected chi connectivity index (χ3v) is 4.65. The highest BCUT2D eigenvalue weighted by Crippen LogP contribution is 2.17. The Hall–Kier alpha value is -2.93. The summed E-state index contributed by atoms with van der Waals surface area (Å²) < 4.78 is 1.79. The van der Waals surface area contributed by atoms with Gasteiger partial charge < -0.3 is 0 Å². The standard InChI is InChI=1S/C19H20ClN5O2/c1-11-10-17-21-12(2)14(13(3)25(17)24-11)8-9-18(26)22-23-19(27)15-6-4-5-7-16(15)20/h4-7,10H,8-9H2,1-3H3,(H,22,26)(H,23,27). The van der Waals surface area contributed by atoms with Gasteiger partial charge in [-0.05, 0) is 44.9 Å². The summed E-state index contributed by atoms with van der Waals surface area (Å²) in [5.41, 5.74) is 9.58. The van der Waals surface area contributed by atoms with Crippen LogP contribution in [0.1, 0.15) is 39.4 Å². The number of nitrogens with one attached hydrogen (secondary N) is 2. The maximum Gasteiger partial charge on any atom is 0.271 e. The van der Waals surface area contributed by atoms with Crippen LogP contribution >= 0.6 is 11.6 Å². The average Bonchev–Trinajstić information content (AvgIpc) is 3.00. The van der Waals surface area contributed by atoms with Crippen LogP contribution in [-0.2, 0) is 11.2 Å². The molecule has 3 rings (SSSR count). The molecule has 0 aliphatic rings. The zero-order chi connectivity index (χ0) is 19.6. The summed E-state index contributed by atoms with van der Waals surface area (Å²) in [6.07, 6.45) is 0.700. The number of fused-ring (bicyclic) bond motifs is 1. The monoisotopic (exact) mass is 385 g/mol. The second kappa shape index (κ2) is 7.75. The molecule has 2 N–H and O–H groups in total. The molecular formula is C19H20ClN5O2. The fourth-order valence-corrected chi connectivity index (χ4v) is 3.16. The predicted molar refractivity (Wildman–Crippen MR) is 103 cm³/mol. The Balaban J connectivity index is 1.62. The molecule has 3 aromatic rings. The van der Waals surface area contributed by atoms with Gasteiger partial charge in [0.15, 0.2) is 5.65 Å². The molecule has 0 spiro atoms. The minimum absolute atomic E-state index is 0.206. The Morgan fingerprint density at radius 1 is 1.15 bits per heavy atom. The van der Waals surface area contributed by atoms with Crippen molar-refractivity contribution in [3.05, 3.63) is 63.6 Å². The summed E-state index contributed by atoms with van der Waals surface area (Å²) in [5.74, 6) is -0.762. The number of carbonyl (C=O) groups is 2. The van der Waals surface area contributed by atoms with Gasteiger partial charge in [-0.1, -0.05) is 23.7 Å². The number of rotatable bonds is 4. The van der Waals surface area contributed by atoms with E-state index in [2.05, 4.69) is 20.9 Å². The molecule has 2 aromatic heterocycles. The summed E-state index contributed by atoms with van der Waals surface area (Å²) in [7, 11) is 0. The summed E-state index contributed by atoms with van der Waals surface area (Å²) in [5, 5.41) is 4.75. The van der Waals surface area contributed by atoms with Gasteiger partial charge in [-0.25, -0.2) is 9.50 Å². The van der Waals surface area contributed by atoms with E-state index in [4.69, 9.17) is 11.6 Å². The third-order valence-electron chi connectivity index (χ3n) is 4.32. The molecule has 0 aliphatic heterocycles. The minimum Gasteiger partial charge on any atom is -0.273 e. The van der Waals surface area contributed by atoms with Crippen molar-refractivity contribution in [1.29, 1.82) is 0 Å². The smallest absolute Gasteiger partial charge is 0.271 e. The molecule has 0 saturated heterocycles. The molecule has 0 unspecified atom stereocenters. The molecule has 7 nitrogen and oxygen atoms in total. The molecular weight excluding hydrogens is 366 g/mol. The van der Waals surface area contributed by atoms with Gasteiger partial charge in [0.05, 0.1) is 16.3 Å². The van der Waals surface area contributed by atoms with Gasteiger partial charge in [0.2, 0.25) is 5.91 Å². The zero-order valence-corrected chi connectivity index (χ0v) is 16.1. The Morgan fingerprint density at radius 3 is 2.63 bits per heavy atom. The van der Waals surface area contributed by atoms with E-state index in [1.807, 2.05) is 26.8 Å². The molecule has 8 heteroatoms. The molecule has 0 aliphatic carbocycles. The first-order valence-electron chi connectivity index (χ1n) is 8.53. The number of aromatic nitrogens is 3. The lowest BCUT2D eigenvalue weighted by atomic mass is 10.1. The number of hydrogen-bond donors (Lipinski definition) is 2. The fourth-order valence-electron chi connectivity index (χ4n) is 2.94. The predicted octanol–water partition coefficient (Wildman–Crippen LogP) is 2.70. The highest BCUT2D eigenvalue weighted by Gasteiger charge is 2.14. The molecule has 0 fully saturated rings. The topological polar surface area (TPSA) is 88.4 Å². The molecule has 2 amide bonds. The lowest BCUT2D eigenvalue weighted by Crippen LogP contribution is -2.41. The Morgan fingerprint density at radius 2 is 1.89 bits per heavy atom. The van der Waals surface area contributed by atoms with Gasteiger partial charge in [0.1, 0.15) is 0 Å². The number of carbonyl (C=O) groups excluding carboxylic acids is 2. The number of amides is 2. The van der Waals surface area contributed by atoms with Crippen molar-refractivity contribution in [1.82, 2.24) is 25.4 Å². The number of halogens is 1. The lowest BCUT2D eigenvalue weighted by Gasteiger charge is -2.12. The first kappa shape index (κ1) is 18.8. The zero-order valence-electron chi connectivity index (χ0n) is 15.3. The molecule has 27 heavy (non-hydrogen) atoms. The van der Waals surface area contributed by atoms with E-state index in [1.165, 1.54) is 0 Å². The minimum atomic E-state index is -0.462. The SMILES string of the molecule is Cc1cc2nc(C)c(CCC(=O)NNC(=O)c3ccccc3Cl)c(C)n2n1. The van der Waals surface area contributed by atoms with E-state index in [9.17, 15) is 9.59 Å². The largest absolute Gasteiger partial charge is 0.273 e. The van der Waals surface area contributed by atoms with E-state index in [1.54, 1.807) is 28.8 Å². The molecule has 0 bridgehead atoms. The van der Waals surface area contributed by atoms with E-state index >= 15 is 0 Å². The highest BCUT2D eigenvalue weighted by molar-refractivity contribution is 6.33. The molecule has 0 saturated carbocycles. The van der Waals surface area contributed by atoms with Crippen molar-refractivity contribution in [2.24, 2.45) is 0 Å². The van der Waals surface area contributed by atoms with Crippen molar-refractivity contribution in [2.75, 3.05) is 0 Å². The molecule has 0 atom stereocenters. The maximum absolute atomic E-state index is 12.1. The first-order valence-corrected chi connectivity index (χ1v) is 8.91. The van der Waals surface area contributed by atoms with Gasteiger partial charge in [0, 0.05) is 23.9 Å². The van der Waals surface area contributed by atoms with Crippen LogP contribution in [0.3, 0.4) is 0 Å². The van der Waals surface area contributed by atoms with Crippen LogP contribution in [0.5, 0.6) is 0 Å². The Bertz CT molecular complexity index is 1030. The highest BCUT2D eigenvalue weighted by atomic mass is 35.5. The average molecular weight is 386 g/mol. The van der Waals surface area contributed by atoms with E-state index in [0.29, 0.717) is 17.0 Å². The summed E-state index contributed by atoms with van der Waals surface area (Å²) in [6.45, 7) is 5.79. The number of hydrazine groups is 1. The van der Waals surface area contributed by atoms with E-state index in [-0.39, 0.29) is 12.3 Å². The third kappa shape index (κ3) is 4.09. The quantitative estimate of drug-likeness (QED) is 0.676. The van der Waals surface area contributed by atoms with Crippen LogP contribution in [0.4, 0.5) is 0 Å². The van der Waals surface area contributed by atoms with Crippen molar-refractivity contribution in [3.63, 3.8) is 0 Å². The fraction of sp³-hybridized carbons (Fsp3) is 0.263. The molecule has 2 heterocycles. The second-order valence-electron chi connectivity index (χ2n) is 6.30. The summed E-state index contributed by atoms with van der Waals surface area (Å²) in [6, 6.07) is 8.55. The van der Waals surface area contributed by atoms with Crippen molar-refractivity contribution < 1.29 is 9.59 Å². The van der Waals surface area contributed by atoms with Crippen LogP contribution in [0.25, 0.3) is 5.65 Å². The van der Waals surface area contributed by atoms with Crippen molar-refractivity contribution in [2.45, 2.75) is 33.6 Å². The van der Waals surface area contributed by atoms with Crippen molar-refractivity contribution >= 4 is 29.1 Å². The van der Waals surface area contributed by atoms with Gasteiger partial charge >= 0.3 is 0 Å². The van der Waals surface area contributed by atoms with Gasteiger partial charge in [-0.3, -0.25) is 20.4 Å². The van der Waals surface area contributed by atoms with Crippen LogP contribution in [-0.4, -0.2) is 26.4 Å². The summed E-state index contributed by atoms with van der Waals surface area (Å²) >= 11 is 5.97. The maximum atomic E-state index is 12.1. The van der Waals surface area contributed by atoms with Crippen LogP contribution in [0.15, 0.2) is 30.3 Å². The number of nitrogens with zero attached hydrogens (tertiary/aromatic N) is 3. The Kier molecular flexibility index (Phi) is 5.41. The van der Waals surface area contributed by atoms with E-state index < -0.39 is 5.91 Å². The van der Waals surface area contributed by atoms with Gasteiger partial charge in [0.25, 0.3) is 5.91 Å². The number of benzene rings is 1. The van der Waals surface area contributed by atoms with Gasteiger partial charge in [-0.2, -0.15) is 5.10 Å². The van der Waals surface area contributed by atoms with Gasteiger partial charge in [-0.15, -0.1) is 0 Å². The summed E-state index contributed by atoms with van der Waals surface area (Å²) in [4.78, 5) is 28.7. The Labute approximate surface area is 161 Å².